The van der Waals surface area contributed by atoms with Gasteiger partial charge in [-0.05, 0) is 6.07 Å². The predicted molar refractivity (Wildman–Crippen MR) is 36.3 cm³/mol. The molecular weight excluding hydrogens is 132 g/mol. The van der Waals surface area contributed by atoms with Crippen molar-refractivity contribution in [1.82, 2.24) is 9.97 Å². The molecule has 9 heavy (non-hydrogen) atoms. The minimum absolute atomic E-state index is 0.933. The number of thiophene rings is 1. The maximum absolute atomic E-state index is 4.07. The standard InChI is InChI=1S/C6H3N2S/c1-4-9-6-5(1)7-2-3-8-6/h1-3H. The first-order chi connectivity index (χ1) is 4.47. The van der Waals surface area contributed by atoms with Crippen LogP contribution < -0.4 is 0 Å². The molecule has 0 fully saturated rings. The highest BCUT2D eigenvalue weighted by molar-refractivity contribution is 7.16. The first-order valence-corrected chi connectivity index (χ1v) is 3.35. The molecule has 0 spiro atoms. The Bertz CT molecular complexity index is 285. The summed E-state index contributed by atoms with van der Waals surface area (Å²) < 4.78 is 0. The van der Waals surface area contributed by atoms with Crippen LogP contribution >= 0.6 is 11.3 Å². The third kappa shape index (κ3) is 0.695. The number of nitrogens with zero attached hydrogens (tertiary/aromatic N) is 2. The zero-order valence-corrected chi connectivity index (χ0v) is 5.35. The summed E-state index contributed by atoms with van der Waals surface area (Å²) in [6.07, 6.45) is 3.37. The van der Waals surface area contributed by atoms with Gasteiger partial charge in [0, 0.05) is 17.8 Å². The lowest BCUT2D eigenvalue weighted by molar-refractivity contribution is 1.32. The van der Waals surface area contributed by atoms with Gasteiger partial charge in [-0.15, -0.1) is 11.3 Å². The van der Waals surface area contributed by atoms with Gasteiger partial charge in [-0.2, -0.15) is 0 Å². The maximum Gasteiger partial charge on any atom is 0.142 e. The summed E-state index contributed by atoms with van der Waals surface area (Å²) in [6.45, 7) is 0. The van der Waals surface area contributed by atoms with Crippen molar-refractivity contribution < 1.29 is 0 Å². The molecule has 2 heterocycles. The van der Waals surface area contributed by atoms with Gasteiger partial charge >= 0.3 is 0 Å². The molecule has 2 aromatic rings. The van der Waals surface area contributed by atoms with Gasteiger partial charge in [0.05, 0.1) is 0 Å². The van der Waals surface area contributed by atoms with E-state index in [2.05, 4.69) is 15.3 Å². The largest absolute Gasteiger partial charge is 0.252 e. The van der Waals surface area contributed by atoms with E-state index in [1.807, 2.05) is 6.07 Å². The van der Waals surface area contributed by atoms with Crippen molar-refractivity contribution >= 4 is 21.7 Å². The summed E-state index contributed by atoms with van der Waals surface area (Å²) in [6, 6.07) is 1.84. The predicted octanol–water partition coefficient (Wildman–Crippen LogP) is 1.49. The van der Waals surface area contributed by atoms with Gasteiger partial charge in [0.25, 0.3) is 0 Å². The summed E-state index contributed by atoms with van der Waals surface area (Å²) in [4.78, 5) is 9.08. The fraction of sp³-hybridized carbons (Fsp3) is 0. The molecular formula is C6H3N2S. The zero-order chi connectivity index (χ0) is 6.10. The van der Waals surface area contributed by atoms with Crippen LogP contribution in [0.5, 0.6) is 0 Å². The summed E-state index contributed by atoms with van der Waals surface area (Å²) in [5.41, 5.74) is 0.933. The molecule has 0 saturated heterocycles. The molecule has 0 aliphatic heterocycles. The van der Waals surface area contributed by atoms with E-state index in [9.17, 15) is 0 Å². The molecule has 43 valence electrons. The second-order valence-corrected chi connectivity index (χ2v) is 2.44. The Morgan fingerprint density at radius 1 is 1.33 bits per heavy atom. The van der Waals surface area contributed by atoms with E-state index in [1.54, 1.807) is 12.4 Å². The molecule has 2 aromatic heterocycles. The topological polar surface area (TPSA) is 25.8 Å². The molecule has 1 radical (unpaired) electrons. The molecule has 0 N–H and O–H groups in total. The molecule has 3 heteroatoms. The van der Waals surface area contributed by atoms with Crippen LogP contribution in [0, 0.1) is 5.38 Å². The monoisotopic (exact) mass is 135 g/mol. The van der Waals surface area contributed by atoms with Crippen LogP contribution in [0.2, 0.25) is 0 Å². The summed E-state index contributed by atoms with van der Waals surface area (Å²) in [7, 11) is 0. The Morgan fingerprint density at radius 2 is 2.22 bits per heavy atom. The lowest BCUT2D eigenvalue weighted by atomic mass is 10.5. The van der Waals surface area contributed by atoms with Crippen LogP contribution in [0.1, 0.15) is 0 Å². The normalized spacial score (nSPS) is 10.2. The van der Waals surface area contributed by atoms with Gasteiger partial charge in [0.15, 0.2) is 0 Å². The van der Waals surface area contributed by atoms with Crippen molar-refractivity contribution in [3.8, 4) is 0 Å². The highest BCUT2D eigenvalue weighted by Gasteiger charge is 1.91. The number of fused-ring (bicyclic) bond motifs is 1. The summed E-state index contributed by atoms with van der Waals surface area (Å²) in [5, 5.41) is 2.95. The Hall–Kier alpha value is -0.960. The lowest BCUT2D eigenvalue weighted by Gasteiger charge is -1.81. The van der Waals surface area contributed by atoms with E-state index in [0.717, 1.165) is 10.3 Å². The average molecular weight is 135 g/mol. The number of rotatable bonds is 0. The minimum atomic E-state index is 0.933. The number of aromatic nitrogens is 2. The highest BCUT2D eigenvalue weighted by atomic mass is 32.1. The molecule has 0 aromatic carbocycles. The SMILES string of the molecule is [c]1cc2nccnc2s1. The zero-order valence-electron chi connectivity index (χ0n) is 4.53. The summed E-state index contributed by atoms with van der Waals surface area (Å²) >= 11 is 1.49. The van der Waals surface area contributed by atoms with Crippen molar-refractivity contribution in [2.45, 2.75) is 0 Å². The molecule has 0 unspecified atom stereocenters. The van der Waals surface area contributed by atoms with Crippen LogP contribution in [0.4, 0.5) is 0 Å². The highest BCUT2D eigenvalue weighted by Crippen LogP contribution is 2.12. The fourth-order valence-corrected chi connectivity index (χ4v) is 1.27. The van der Waals surface area contributed by atoms with Crippen molar-refractivity contribution in [2.75, 3.05) is 0 Å². The molecule has 2 rings (SSSR count). The van der Waals surface area contributed by atoms with Crippen LogP contribution in [-0.4, -0.2) is 9.97 Å². The Balaban J connectivity index is 2.95. The first kappa shape index (κ1) is 4.88. The fourth-order valence-electron chi connectivity index (χ4n) is 0.655. The van der Waals surface area contributed by atoms with E-state index in [0.29, 0.717) is 0 Å². The van der Waals surface area contributed by atoms with Crippen molar-refractivity contribution in [3.05, 3.63) is 23.8 Å². The Labute approximate surface area is 56.2 Å². The van der Waals surface area contributed by atoms with E-state index in [4.69, 9.17) is 0 Å². The first-order valence-electron chi connectivity index (χ1n) is 2.53. The van der Waals surface area contributed by atoms with Crippen molar-refractivity contribution in [2.24, 2.45) is 0 Å². The van der Waals surface area contributed by atoms with E-state index in [1.165, 1.54) is 11.3 Å². The van der Waals surface area contributed by atoms with Crippen LogP contribution in [0.15, 0.2) is 18.5 Å². The van der Waals surface area contributed by atoms with Gasteiger partial charge < -0.3 is 0 Å². The van der Waals surface area contributed by atoms with Gasteiger partial charge in [-0.3, -0.25) is 4.98 Å². The van der Waals surface area contributed by atoms with E-state index >= 15 is 0 Å². The molecule has 0 atom stereocenters. The van der Waals surface area contributed by atoms with E-state index < -0.39 is 0 Å². The molecule has 2 nitrogen and oxygen atoms in total. The minimum Gasteiger partial charge on any atom is -0.252 e. The van der Waals surface area contributed by atoms with Crippen LogP contribution in [-0.2, 0) is 0 Å². The molecule has 0 amide bonds. The average Bonchev–Trinajstić information content (AvgIpc) is 2.33. The van der Waals surface area contributed by atoms with Crippen molar-refractivity contribution in [3.63, 3.8) is 0 Å². The van der Waals surface area contributed by atoms with E-state index in [-0.39, 0.29) is 0 Å². The van der Waals surface area contributed by atoms with Crippen LogP contribution in [0.25, 0.3) is 10.3 Å². The van der Waals surface area contributed by atoms with Gasteiger partial charge in [-0.1, -0.05) is 0 Å². The second kappa shape index (κ2) is 1.77. The maximum atomic E-state index is 4.07. The van der Waals surface area contributed by atoms with Crippen molar-refractivity contribution in [1.29, 1.82) is 0 Å². The van der Waals surface area contributed by atoms with Gasteiger partial charge in [0.1, 0.15) is 10.3 Å². The van der Waals surface area contributed by atoms with Gasteiger partial charge in [-0.25, -0.2) is 4.98 Å². The molecule has 0 aliphatic carbocycles. The lowest BCUT2D eigenvalue weighted by Crippen LogP contribution is -1.72. The smallest absolute Gasteiger partial charge is 0.142 e. The summed E-state index contributed by atoms with van der Waals surface area (Å²) in [5.74, 6) is 0. The molecule has 0 saturated carbocycles. The Kier molecular flexibility index (Phi) is 0.960. The second-order valence-electron chi connectivity index (χ2n) is 1.61. The molecule has 0 aliphatic rings. The quantitative estimate of drug-likeness (QED) is 0.547. The van der Waals surface area contributed by atoms with Crippen LogP contribution in [0.3, 0.4) is 0 Å². The number of hydrogen-bond donors (Lipinski definition) is 0. The Morgan fingerprint density at radius 3 is 3.11 bits per heavy atom. The van der Waals surface area contributed by atoms with Gasteiger partial charge in [0.2, 0.25) is 0 Å². The third-order valence-corrected chi connectivity index (χ3v) is 1.79. The third-order valence-electron chi connectivity index (χ3n) is 1.04. The molecule has 0 bridgehead atoms. The number of hydrogen-bond acceptors (Lipinski definition) is 3.